The molecule has 0 amide bonds. The SMILES string of the molecule is CN1CCCC(Cn2cncc2C2CCCCN2)C1. The maximum Gasteiger partial charge on any atom is 0.0948 e. The van der Waals surface area contributed by atoms with Crippen LogP contribution in [0.1, 0.15) is 43.8 Å². The van der Waals surface area contributed by atoms with Crippen molar-refractivity contribution in [2.24, 2.45) is 5.92 Å². The standard InChI is InChI=1S/C15H26N4/c1-18-8-4-5-13(10-18)11-19-12-16-9-15(19)14-6-2-3-7-17-14/h9,12-14,17H,2-8,10-11H2,1H3. The van der Waals surface area contributed by atoms with Crippen molar-refractivity contribution in [1.82, 2.24) is 19.8 Å². The topological polar surface area (TPSA) is 33.1 Å². The van der Waals surface area contributed by atoms with Gasteiger partial charge in [-0.1, -0.05) is 6.42 Å². The molecule has 0 aliphatic carbocycles. The quantitative estimate of drug-likeness (QED) is 0.905. The van der Waals surface area contributed by atoms with E-state index in [0.29, 0.717) is 6.04 Å². The molecule has 2 aliphatic heterocycles. The molecule has 4 nitrogen and oxygen atoms in total. The fourth-order valence-electron chi connectivity index (χ4n) is 3.58. The lowest BCUT2D eigenvalue weighted by atomic mass is 9.97. The van der Waals surface area contributed by atoms with Crippen molar-refractivity contribution in [1.29, 1.82) is 0 Å². The maximum absolute atomic E-state index is 4.39. The lowest BCUT2D eigenvalue weighted by Crippen LogP contribution is -2.35. The van der Waals surface area contributed by atoms with Crippen LogP contribution in [0.5, 0.6) is 0 Å². The third kappa shape index (κ3) is 3.18. The van der Waals surface area contributed by atoms with Crippen LogP contribution in [-0.4, -0.2) is 41.1 Å². The molecule has 106 valence electrons. The summed E-state index contributed by atoms with van der Waals surface area (Å²) < 4.78 is 2.40. The van der Waals surface area contributed by atoms with Gasteiger partial charge in [-0.25, -0.2) is 4.98 Å². The summed E-state index contributed by atoms with van der Waals surface area (Å²) in [4.78, 5) is 6.85. The number of likely N-dealkylation sites (tertiary alicyclic amines) is 1. The van der Waals surface area contributed by atoms with Gasteiger partial charge in [0.1, 0.15) is 0 Å². The van der Waals surface area contributed by atoms with Gasteiger partial charge in [-0.3, -0.25) is 0 Å². The summed E-state index contributed by atoms with van der Waals surface area (Å²) in [5.41, 5.74) is 1.40. The van der Waals surface area contributed by atoms with Gasteiger partial charge in [0.15, 0.2) is 0 Å². The number of imidazole rings is 1. The van der Waals surface area contributed by atoms with E-state index in [-0.39, 0.29) is 0 Å². The van der Waals surface area contributed by atoms with Crippen molar-refractivity contribution in [2.75, 3.05) is 26.7 Å². The Kier molecular flexibility index (Phi) is 4.18. The zero-order chi connectivity index (χ0) is 13.1. The van der Waals surface area contributed by atoms with E-state index in [1.54, 1.807) is 0 Å². The van der Waals surface area contributed by atoms with E-state index in [4.69, 9.17) is 0 Å². The molecule has 0 saturated carbocycles. The van der Waals surface area contributed by atoms with Crippen LogP contribution in [-0.2, 0) is 6.54 Å². The lowest BCUT2D eigenvalue weighted by molar-refractivity contribution is 0.192. The highest BCUT2D eigenvalue weighted by atomic mass is 15.1. The minimum Gasteiger partial charge on any atom is -0.333 e. The first-order valence-electron chi connectivity index (χ1n) is 7.75. The number of nitrogens with zero attached hydrogens (tertiary/aromatic N) is 3. The number of rotatable bonds is 3. The first kappa shape index (κ1) is 13.1. The van der Waals surface area contributed by atoms with Gasteiger partial charge < -0.3 is 14.8 Å². The van der Waals surface area contributed by atoms with Gasteiger partial charge in [-0.2, -0.15) is 0 Å². The third-order valence-electron chi connectivity index (χ3n) is 4.59. The molecular formula is C15H26N4. The number of piperidine rings is 2. The van der Waals surface area contributed by atoms with Crippen LogP contribution in [0.2, 0.25) is 0 Å². The average Bonchev–Trinajstić information content (AvgIpc) is 2.88. The summed E-state index contributed by atoms with van der Waals surface area (Å²) in [6.45, 7) is 4.78. The van der Waals surface area contributed by atoms with Crippen molar-refractivity contribution in [3.8, 4) is 0 Å². The van der Waals surface area contributed by atoms with Gasteiger partial charge in [0, 0.05) is 25.3 Å². The summed E-state index contributed by atoms with van der Waals surface area (Å²) in [6.07, 6.45) is 10.7. The average molecular weight is 262 g/mol. The summed E-state index contributed by atoms with van der Waals surface area (Å²) in [5.74, 6) is 0.787. The number of aromatic nitrogens is 2. The van der Waals surface area contributed by atoms with Gasteiger partial charge in [-0.15, -0.1) is 0 Å². The van der Waals surface area contributed by atoms with E-state index in [9.17, 15) is 0 Å². The van der Waals surface area contributed by atoms with Gasteiger partial charge in [-0.05, 0) is 51.7 Å². The molecule has 2 fully saturated rings. The predicted octanol–water partition coefficient (Wildman–Crippen LogP) is 2.04. The summed E-state index contributed by atoms with van der Waals surface area (Å²) in [5, 5.41) is 3.64. The minimum atomic E-state index is 0.526. The summed E-state index contributed by atoms with van der Waals surface area (Å²) in [6, 6.07) is 0.526. The Balaban J connectivity index is 1.65. The largest absolute Gasteiger partial charge is 0.333 e. The fraction of sp³-hybridized carbons (Fsp3) is 0.800. The molecular weight excluding hydrogens is 236 g/mol. The Morgan fingerprint density at radius 1 is 1.32 bits per heavy atom. The monoisotopic (exact) mass is 262 g/mol. The molecule has 1 aromatic rings. The van der Waals surface area contributed by atoms with Crippen LogP contribution >= 0.6 is 0 Å². The number of hydrogen-bond donors (Lipinski definition) is 1. The Morgan fingerprint density at radius 3 is 3.05 bits per heavy atom. The predicted molar refractivity (Wildman–Crippen MR) is 77.0 cm³/mol. The molecule has 2 aliphatic rings. The molecule has 19 heavy (non-hydrogen) atoms. The number of hydrogen-bond acceptors (Lipinski definition) is 3. The molecule has 3 rings (SSSR count). The molecule has 2 atom stereocenters. The Labute approximate surface area is 116 Å². The second-order valence-electron chi connectivity index (χ2n) is 6.24. The molecule has 0 aromatic carbocycles. The van der Waals surface area contributed by atoms with E-state index < -0.39 is 0 Å². The van der Waals surface area contributed by atoms with E-state index in [1.165, 1.54) is 50.9 Å². The van der Waals surface area contributed by atoms with Crippen LogP contribution < -0.4 is 5.32 Å². The molecule has 0 radical (unpaired) electrons. The van der Waals surface area contributed by atoms with E-state index in [0.717, 1.165) is 19.0 Å². The van der Waals surface area contributed by atoms with Crippen molar-refractivity contribution in [2.45, 2.75) is 44.7 Å². The summed E-state index contributed by atoms with van der Waals surface area (Å²) in [7, 11) is 2.24. The zero-order valence-corrected chi connectivity index (χ0v) is 12.0. The smallest absolute Gasteiger partial charge is 0.0948 e. The third-order valence-corrected chi connectivity index (χ3v) is 4.59. The normalized spacial score (nSPS) is 29.5. The Bertz CT molecular complexity index is 395. The van der Waals surface area contributed by atoms with Crippen LogP contribution in [0, 0.1) is 5.92 Å². The second kappa shape index (κ2) is 6.06. The van der Waals surface area contributed by atoms with Gasteiger partial charge in [0.25, 0.3) is 0 Å². The first-order chi connectivity index (χ1) is 9.33. The second-order valence-corrected chi connectivity index (χ2v) is 6.24. The fourth-order valence-corrected chi connectivity index (χ4v) is 3.58. The van der Waals surface area contributed by atoms with Crippen LogP contribution in [0.4, 0.5) is 0 Å². The minimum absolute atomic E-state index is 0.526. The molecule has 0 spiro atoms. The van der Waals surface area contributed by atoms with Gasteiger partial charge in [0.05, 0.1) is 12.0 Å². The maximum atomic E-state index is 4.39. The molecule has 1 aromatic heterocycles. The van der Waals surface area contributed by atoms with Crippen LogP contribution in [0.25, 0.3) is 0 Å². The molecule has 2 saturated heterocycles. The van der Waals surface area contributed by atoms with Crippen molar-refractivity contribution in [3.63, 3.8) is 0 Å². The molecule has 3 heterocycles. The Morgan fingerprint density at radius 2 is 2.26 bits per heavy atom. The zero-order valence-electron chi connectivity index (χ0n) is 12.0. The highest BCUT2D eigenvalue weighted by molar-refractivity contribution is 5.06. The van der Waals surface area contributed by atoms with E-state index in [2.05, 4.69) is 33.0 Å². The van der Waals surface area contributed by atoms with E-state index in [1.807, 2.05) is 6.33 Å². The molecule has 4 heteroatoms. The van der Waals surface area contributed by atoms with Gasteiger partial charge in [0.2, 0.25) is 0 Å². The molecule has 2 unspecified atom stereocenters. The number of nitrogens with one attached hydrogen (secondary N) is 1. The van der Waals surface area contributed by atoms with Crippen molar-refractivity contribution < 1.29 is 0 Å². The lowest BCUT2D eigenvalue weighted by Gasteiger charge is -2.31. The van der Waals surface area contributed by atoms with Crippen molar-refractivity contribution >= 4 is 0 Å². The Hall–Kier alpha value is -0.870. The van der Waals surface area contributed by atoms with Crippen LogP contribution in [0.3, 0.4) is 0 Å². The highest BCUT2D eigenvalue weighted by Gasteiger charge is 2.22. The van der Waals surface area contributed by atoms with Crippen molar-refractivity contribution in [3.05, 3.63) is 18.2 Å². The molecule has 0 bridgehead atoms. The van der Waals surface area contributed by atoms with Gasteiger partial charge >= 0.3 is 0 Å². The highest BCUT2D eigenvalue weighted by Crippen LogP contribution is 2.24. The first-order valence-corrected chi connectivity index (χ1v) is 7.75. The van der Waals surface area contributed by atoms with Crippen LogP contribution in [0.15, 0.2) is 12.5 Å². The van der Waals surface area contributed by atoms with E-state index >= 15 is 0 Å². The molecule has 1 N–H and O–H groups in total. The summed E-state index contributed by atoms with van der Waals surface area (Å²) >= 11 is 0.